The second kappa shape index (κ2) is 3.65. The lowest BCUT2D eigenvalue weighted by Gasteiger charge is -2.37. The molecule has 16 heavy (non-hydrogen) atoms. The van der Waals surface area contributed by atoms with Gasteiger partial charge in [0.05, 0.1) is 7.11 Å². The van der Waals surface area contributed by atoms with Gasteiger partial charge in [0.15, 0.2) is 0 Å². The van der Waals surface area contributed by atoms with E-state index in [1.807, 2.05) is 10.6 Å². The van der Waals surface area contributed by atoms with Crippen LogP contribution in [0, 0.1) is 5.92 Å². The highest BCUT2D eigenvalue weighted by Gasteiger charge is 2.31. The Morgan fingerprint density at radius 3 is 3.06 bits per heavy atom. The molecule has 0 aromatic carbocycles. The first-order valence-corrected chi connectivity index (χ1v) is 6.06. The van der Waals surface area contributed by atoms with E-state index < -0.39 is 0 Å². The molecule has 0 saturated heterocycles. The number of ether oxygens (including phenoxy) is 1. The summed E-state index contributed by atoms with van der Waals surface area (Å²) in [7, 11) is 1.62. The van der Waals surface area contributed by atoms with Gasteiger partial charge in [-0.3, -0.25) is 4.79 Å². The summed E-state index contributed by atoms with van der Waals surface area (Å²) in [6.07, 6.45) is 5.07. The average Bonchev–Trinajstić information content (AvgIpc) is 2.31. The van der Waals surface area contributed by atoms with Crippen molar-refractivity contribution in [3.63, 3.8) is 0 Å². The molecule has 2 bridgehead atoms. The van der Waals surface area contributed by atoms with E-state index in [4.69, 9.17) is 4.74 Å². The lowest BCUT2D eigenvalue weighted by molar-refractivity contribution is 0.239. The van der Waals surface area contributed by atoms with E-state index in [0.717, 1.165) is 12.5 Å². The Kier molecular flexibility index (Phi) is 2.27. The minimum absolute atomic E-state index is 0.103. The van der Waals surface area contributed by atoms with Crippen LogP contribution < -0.4 is 10.3 Å². The van der Waals surface area contributed by atoms with Crippen LogP contribution in [0.2, 0.25) is 0 Å². The van der Waals surface area contributed by atoms with Gasteiger partial charge in [0, 0.05) is 24.4 Å². The number of pyridine rings is 1. The minimum atomic E-state index is 0.103. The highest BCUT2D eigenvalue weighted by atomic mass is 16.5. The Morgan fingerprint density at radius 1 is 1.38 bits per heavy atom. The van der Waals surface area contributed by atoms with E-state index >= 15 is 0 Å². The summed E-state index contributed by atoms with van der Waals surface area (Å²) in [6, 6.07) is 3.65. The first-order valence-electron chi connectivity index (χ1n) is 6.06. The van der Waals surface area contributed by atoms with Gasteiger partial charge in [0.2, 0.25) is 0 Å². The molecule has 2 atom stereocenters. The smallest absolute Gasteiger partial charge is 0.254 e. The maximum Gasteiger partial charge on any atom is 0.254 e. The van der Waals surface area contributed by atoms with E-state index in [-0.39, 0.29) is 5.56 Å². The first kappa shape index (κ1) is 9.94. The second-order valence-corrected chi connectivity index (χ2v) is 5.00. The maximum atomic E-state index is 12.0. The summed E-state index contributed by atoms with van der Waals surface area (Å²) in [5, 5.41) is 0. The number of rotatable bonds is 1. The molecule has 2 heterocycles. The highest BCUT2D eigenvalue weighted by molar-refractivity contribution is 5.27. The number of methoxy groups -OCH3 is 1. The Labute approximate surface area is 95.0 Å². The molecule has 1 unspecified atom stereocenters. The summed E-state index contributed by atoms with van der Waals surface area (Å²) in [5.41, 5.74) is 1.30. The van der Waals surface area contributed by atoms with E-state index in [0.29, 0.717) is 11.7 Å². The molecule has 0 N–H and O–H groups in total. The Morgan fingerprint density at radius 2 is 2.25 bits per heavy atom. The molecule has 1 aliphatic heterocycles. The fraction of sp³-hybridized carbons (Fsp3) is 0.615. The van der Waals surface area contributed by atoms with Gasteiger partial charge in [0.25, 0.3) is 5.56 Å². The topological polar surface area (TPSA) is 31.2 Å². The average molecular weight is 219 g/mol. The lowest BCUT2D eigenvalue weighted by atomic mass is 9.77. The molecule has 3 heteroatoms. The maximum absolute atomic E-state index is 12.0. The number of hydrogen-bond donors (Lipinski definition) is 0. The standard InChI is InChI=1S/C13H17NO2/c1-16-11-6-12-10-4-2-3-9(5-10)8-14(12)13(15)7-11/h6-7,9-10H,2-5,8H2,1H3/t9?,10-/m1/s1. The van der Waals surface area contributed by atoms with Gasteiger partial charge in [-0.15, -0.1) is 0 Å². The monoisotopic (exact) mass is 219 g/mol. The lowest BCUT2D eigenvalue weighted by Crippen LogP contribution is -2.35. The van der Waals surface area contributed by atoms with Crippen molar-refractivity contribution in [3.05, 3.63) is 28.2 Å². The van der Waals surface area contributed by atoms with E-state index in [9.17, 15) is 4.79 Å². The van der Waals surface area contributed by atoms with Crippen LogP contribution in [0.25, 0.3) is 0 Å². The summed E-state index contributed by atoms with van der Waals surface area (Å²) < 4.78 is 7.14. The van der Waals surface area contributed by atoms with Gasteiger partial charge in [0.1, 0.15) is 5.75 Å². The largest absolute Gasteiger partial charge is 0.496 e. The van der Waals surface area contributed by atoms with E-state index in [1.54, 1.807) is 13.2 Å². The zero-order valence-corrected chi connectivity index (χ0v) is 9.61. The summed E-state index contributed by atoms with van der Waals surface area (Å²) in [4.78, 5) is 12.0. The molecule has 3 rings (SSSR count). The molecule has 2 aliphatic rings. The molecular formula is C13H17NO2. The third-order valence-corrected chi connectivity index (χ3v) is 4.01. The van der Waals surface area contributed by atoms with E-state index in [1.165, 1.54) is 31.4 Å². The summed E-state index contributed by atoms with van der Waals surface area (Å²) in [6.45, 7) is 0.911. The Bertz CT molecular complexity index is 463. The van der Waals surface area contributed by atoms with Crippen LogP contribution in [0.15, 0.2) is 16.9 Å². The van der Waals surface area contributed by atoms with Crippen molar-refractivity contribution >= 4 is 0 Å². The predicted molar refractivity (Wildman–Crippen MR) is 62.0 cm³/mol. The fourth-order valence-corrected chi connectivity index (χ4v) is 3.23. The zero-order chi connectivity index (χ0) is 11.1. The van der Waals surface area contributed by atoms with Gasteiger partial charge in [-0.2, -0.15) is 0 Å². The summed E-state index contributed by atoms with van der Waals surface area (Å²) in [5.74, 6) is 2.01. The third kappa shape index (κ3) is 1.46. The molecule has 3 nitrogen and oxygen atoms in total. The molecule has 1 aliphatic carbocycles. The minimum Gasteiger partial charge on any atom is -0.496 e. The van der Waals surface area contributed by atoms with Crippen LogP contribution in [0.5, 0.6) is 5.75 Å². The van der Waals surface area contributed by atoms with Crippen LogP contribution in [-0.2, 0) is 6.54 Å². The molecule has 1 saturated carbocycles. The number of aromatic nitrogens is 1. The normalized spacial score (nSPS) is 27.3. The van der Waals surface area contributed by atoms with Crippen LogP contribution in [-0.4, -0.2) is 11.7 Å². The van der Waals surface area contributed by atoms with Gasteiger partial charge in [-0.1, -0.05) is 6.42 Å². The summed E-state index contributed by atoms with van der Waals surface area (Å²) >= 11 is 0. The van der Waals surface area contributed by atoms with Crippen molar-refractivity contribution in [1.29, 1.82) is 0 Å². The highest BCUT2D eigenvalue weighted by Crippen LogP contribution is 2.40. The predicted octanol–water partition coefficient (Wildman–Crippen LogP) is 2.14. The van der Waals surface area contributed by atoms with Crippen LogP contribution >= 0.6 is 0 Å². The van der Waals surface area contributed by atoms with Gasteiger partial charge in [-0.05, 0) is 31.1 Å². The zero-order valence-electron chi connectivity index (χ0n) is 9.61. The number of hydrogen-bond acceptors (Lipinski definition) is 2. The first-order chi connectivity index (χ1) is 7.78. The van der Waals surface area contributed by atoms with Gasteiger partial charge >= 0.3 is 0 Å². The van der Waals surface area contributed by atoms with Crippen molar-refractivity contribution in [3.8, 4) is 5.75 Å². The van der Waals surface area contributed by atoms with Crippen molar-refractivity contribution in [1.82, 2.24) is 4.57 Å². The molecule has 1 fully saturated rings. The van der Waals surface area contributed by atoms with Crippen LogP contribution in [0.1, 0.15) is 37.3 Å². The molecule has 1 aromatic heterocycles. The Hall–Kier alpha value is -1.25. The molecular weight excluding hydrogens is 202 g/mol. The molecule has 0 spiro atoms. The second-order valence-electron chi connectivity index (χ2n) is 5.00. The number of fused-ring (bicyclic) bond motifs is 4. The van der Waals surface area contributed by atoms with E-state index in [2.05, 4.69) is 0 Å². The number of nitrogens with zero attached hydrogens (tertiary/aromatic N) is 1. The van der Waals surface area contributed by atoms with Crippen molar-refractivity contribution in [2.75, 3.05) is 7.11 Å². The van der Waals surface area contributed by atoms with Crippen LogP contribution in [0.4, 0.5) is 0 Å². The third-order valence-electron chi connectivity index (χ3n) is 4.01. The van der Waals surface area contributed by atoms with Crippen LogP contribution in [0.3, 0.4) is 0 Å². The fourth-order valence-electron chi connectivity index (χ4n) is 3.23. The van der Waals surface area contributed by atoms with Gasteiger partial charge in [-0.25, -0.2) is 0 Å². The van der Waals surface area contributed by atoms with Gasteiger partial charge < -0.3 is 9.30 Å². The molecule has 0 amide bonds. The van der Waals surface area contributed by atoms with Crippen molar-refractivity contribution in [2.24, 2.45) is 5.92 Å². The quantitative estimate of drug-likeness (QED) is 0.724. The Balaban J connectivity index is 2.13. The molecule has 86 valence electrons. The van der Waals surface area contributed by atoms with Crippen molar-refractivity contribution < 1.29 is 4.74 Å². The SMILES string of the molecule is COc1cc2n(c(=O)c1)CC1CCC[C@@H]2C1. The molecule has 1 aromatic rings. The van der Waals surface area contributed by atoms with Crippen molar-refractivity contribution in [2.45, 2.75) is 38.1 Å². The molecule has 0 radical (unpaired) electrons.